The molecule has 0 unspecified atom stereocenters. The standard InChI is InChI=1S/C22H25BrN2O.C2HF3O2/c23-22-12-11-21(26-22)15-18-7-9-20(10-8-18)17-25(14-4-13-24)16-19-5-2-1-3-6-19;3-2(4,5)1(6)7/h1-3,5-12H,4,13-17,24H2;(H,6,7). The van der Waals surface area contributed by atoms with Crippen LogP contribution in [0.25, 0.3) is 0 Å². The molecule has 0 aliphatic carbocycles. The third-order valence-corrected chi connectivity index (χ3v) is 5.07. The minimum absolute atomic E-state index is 0.783. The topological polar surface area (TPSA) is 84.1 Å². The van der Waals surface area contributed by atoms with Crippen molar-refractivity contribution < 1.29 is 33.2 Å². The molecule has 0 spiro atoms. The van der Waals surface area contributed by atoms with Gasteiger partial charge in [0.2, 0.25) is 0 Å². The van der Waals surface area contributed by atoms with Crippen molar-refractivity contribution >= 4 is 21.9 Å². The van der Waals surface area contributed by atoms with E-state index in [4.69, 9.17) is 14.3 Å². The lowest BCUT2D eigenvalue weighted by Gasteiger charge is -2.22. The summed E-state index contributed by atoms with van der Waals surface area (Å²) in [6, 6.07) is 23.5. The van der Waals surface area contributed by atoms with Gasteiger partial charge in [-0.1, -0.05) is 54.6 Å². The van der Waals surface area contributed by atoms with Crippen LogP contribution in [0, 0.1) is 0 Å². The quantitative estimate of drug-likeness (QED) is 0.462. The maximum atomic E-state index is 10.5. The predicted molar refractivity (Wildman–Crippen MR) is 120 cm³/mol. The molecule has 2 aromatic carbocycles. The summed E-state index contributed by atoms with van der Waals surface area (Å²) >= 11 is 3.36. The number of furan rings is 1. The van der Waals surface area contributed by atoms with Gasteiger partial charge in [-0.2, -0.15) is 13.2 Å². The zero-order valence-electron chi connectivity index (χ0n) is 18.0. The van der Waals surface area contributed by atoms with E-state index >= 15 is 0 Å². The summed E-state index contributed by atoms with van der Waals surface area (Å²) < 4.78 is 37.9. The van der Waals surface area contributed by atoms with Gasteiger partial charge in [0.15, 0.2) is 4.67 Å². The number of nitrogens with zero attached hydrogens (tertiary/aromatic N) is 1. The Morgan fingerprint density at radius 3 is 1.97 bits per heavy atom. The molecule has 0 aliphatic rings. The minimum Gasteiger partial charge on any atom is -0.542 e. The molecule has 0 atom stereocenters. The van der Waals surface area contributed by atoms with Gasteiger partial charge in [0.05, 0.1) is 6.54 Å². The van der Waals surface area contributed by atoms with Crippen molar-refractivity contribution in [3.05, 3.63) is 93.9 Å². The van der Waals surface area contributed by atoms with Gasteiger partial charge in [-0.3, -0.25) is 4.90 Å². The fraction of sp³-hybridized carbons (Fsp3) is 0.292. The molecule has 0 aliphatic heterocycles. The van der Waals surface area contributed by atoms with Crippen molar-refractivity contribution in [2.24, 2.45) is 0 Å². The third kappa shape index (κ3) is 10.2. The van der Waals surface area contributed by atoms with Gasteiger partial charge >= 0.3 is 6.18 Å². The summed E-state index contributed by atoms with van der Waals surface area (Å²) in [4.78, 5) is 11.3. The van der Waals surface area contributed by atoms with Crippen LogP contribution in [-0.4, -0.2) is 30.1 Å². The molecule has 33 heavy (non-hydrogen) atoms. The summed E-state index contributed by atoms with van der Waals surface area (Å²) in [6.07, 6.45) is -3.25. The number of carboxylic acid groups (broad SMARTS) is 1. The first-order valence-electron chi connectivity index (χ1n) is 10.3. The highest BCUT2D eigenvalue weighted by Gasteiger charge is 2.28. The van der Waals surface area contributed by atoms with E-state index < -0.39 is 12.1 Å². The molecule has 1 aromatic heterocycles. The fourth-order valence-electron chi connectivity index (χ4n) is 3.06. The molecular formula is C24H26BrF3N2O3. The molecule has 3 aromatic rings. The first kappa shape index (κ1) is 26.6. The van der Waals surface area contributed by atoms with Crippen molar-refractivity contribution in [2.45, 2.75) is 32.1 Å². The highest BCUT2D eigenvalue weighted by atomic mass is 79.9. The Morgan fingerprint density at radius 2 is 1.48 bits per heavy atom. The average molecular weight is 527 g/mol. The first-order valence-corrected chi connectivity index (χ1v) is 11.1. The monoisotopic (exact) mass is 526 g/mol. The Hall–Kier alpha value is -2.62. The van der Waals surface area contributed by atoms with Gasteiger partial charge < -0.3 is 20.1 Å². The van der Waals surface area contributed by atoms with Crippen LogP contribution in [0.1, 0.15) is 28.9 Å². The van der Waals surface area contributed by atoms with Crippen molar-refractivity contribution in [1.82, 2.24) is 4.90 Å². The smallest absolute Gasteiger partial charge is 0.430 e. The second-order valence-electron chi connectivity index (χ2n) is 7.39. The number of hydrogen-bond donors (Lipinski definition) is 1. The molecule has 0 bridgehead atoms. The number of carbonyl (C=O) groups is 1. The maximum absolute atomic E-state index is 10.5. The van der Waals surface area contributed by atoms with Gasteiger partial charge in [0, 0.05) is 32.5 Å². The molecule has 0 saturated carbocycles. The van der Waals surface area contributed by atoms with Crippen LogP contribution in [0.15, 0.2) is 75.8 Å². The van der Waals surface area contributed by atoms with E-state index in [2.05, 4.69) is 81.2 Å². The van der Waals surface area contributed by atoms with Crippen LogP contribution in [0.4, 0.5) is 13.2 Å². The molecule has 0 amide bonds. The lowest BCUT2D eigenvalue weighted by Crippen LogP contribution is -2.51. The van der Waals surface area contributed by atoms with Crippen LogP contribution in [0.2, 0.25) is 0 Å². The van der Waals surface area contributed by atoms with E-state index in [0.717, 1.165) is 49.5 Å². The van der Waals surface area contributed by atoms with Crippen LogP contribution >= 0.6 is 15.9 Å². The van der Waals surface area contributed by atoms with E-state index in [1.54, 1.807) is 0 Å². The van der Waals surface area contributed by atoms with Crippen molar-refractivity contribution in [3.63, 3.8) is 0 Å². The van der Waals surface area contributed by atoms with Gasteiger partial charge in [0.25, 0.3) is 0 Å². The van der Waals surface area contributed by atoms with E-state index in [1.165, 1.54) is 16.7 Å². The fourth-order valence-corrected chi connectivity index (χ4v) is 3.40. The number of aliphatic carboxylic acids is 1. The van der Waals surface area contributed by atoms with E-state index in [0.29, 0.717) is 0 Å². The third-order valence-electron chi connectivity index (χ3n) is 4.64. The van der Waals surface area contributed by atoms with E-state index in [9.17, 15) is 13.2 Å². The van der Waals surface area contributed by atoms with Crippen LogP contribution in [0.3, 0.4) is 0 Å². The maximum Gasteiger partial charge on any atom is 0.430 e. The zero-order valence-corrected chi connectivity index (χ0v) is 19.6. The highest BCUT2D eigenvalue weighted by molar-refractivity contribution is 9.10. The Labute approximate surface area is 199 Å². The molecule has 5 nitrogen and oxygen atoms in total. The van der Waals surface area contributed by atoms with Crippen molar-refractivity contribution in [1.29, 1.82) is 0 Å². The Kier molecular flexibility index (Phi) is 10.6. The normalized spacial score (nSPS) is 11.2. The minimum atomic E-state index is -5.19. The number of rotatable bonds is 9. The first-order chi connectivity index (χ1) is 15.7. The molecule has 178 valence electrons. The average Bonchev–Trinajstić information content (AvgIpc) is 3.18. The zero-order chi connectivity index (χ0) is 24.3. The van der Waals surface area contributed by atoms with Crippen LogP contribution in [-0.2, 0) is 24.3 Å². The van der Waals surface area contributed by atoms with Gasteiger partial charge in [-0.15, -0.1) is 0 Å². The number of quaternary nitrogens is 1. The molecule has 1 heterocycles. The summed E-state index contributed by atoms with van der Waals surface area (Å²) in [5, 5.41) is 8.78. The van der Waals surface area contributed by atoms with Crippen molar-refractivity contribution in [2.75, 3.05) is 13.1 Å². The summed E-state index contributed by atoms with van der Waals surface area (Å²) in [5.41, 5.74) is 7.95. The predicted octanol–water partition coefficient (Wildman–Crippen LogP) is 3.57. The summed E-state index contributed by atoms with van der Waals surface area (Å²) in [5.74, 6) is -2.03. The Morgan fingerprint density at radius 1 is 0.939 bits per heavy atom. The number of carbonyl (C=O) groups excluding carboxylic acids is 1. The van der Waals surface area contributed by atoms with Crippen molar-refractivity contribution in [3.8, 4) is 0 Å². The number of halogens is 4. The van der Waals surface area contributed by atoms with Gasteiger partial charge in [-0.05, 0) is 44.8 Å². The lowest BCUT2D eigenvalue weighted by atomic mass is 10.1. The molecular weight excluding hydrogens is 501 g/mol. The van der Waals surface area contributed by atoms with E-state index in [1.807, 2.05) is 12.1 Å². The Balaban J connectivity index is 0.000000479. The largest absolute Gasteiger partial charge is 0.542 e. The molecule has 0 saturated heterocycles. The second kappa shape index (κ2) is 13.2. The Bertz CT molecular complexity index is 977. The molecule has 3 rings (SSSR count). The van der Waals surface area contributed by atoms with Crippen LogP contribution in [0.5, 0.6) is 0 Å². The number of carboxylic acids is 1. The number of hydrogen-bond acceptors (Lipinski definition) is 4. The molecule has 9 heteroatoms. The van der Waals surface area contributed by atoms with Gasteiger partial charge in [-0.25, -0.2) is 0 Å². The second-order valence-corrected chi connectivity index (χ2v) is 8.17. The van der Waals surface area contributed by atoms with Gasteiger partial charge in [0.1, 0.15) is 11.7 Å². The number of alkyl halides is 3. The molecule has 0 fully saturated rings. The SMILES string of the molecule is O=C([O-])C(F)(F)F.[NH3+]CCCN(Cc1ccccc1)Cc1ccc(Cc2ccc(Br)o2)cc1. The summed E-state index contributed by atoms with van der Waals surface area (Å²) in [7, 11) is 0. The molecule has 0 radical (unpaired) electrons. The molecule has 3 N–H and O–H groups in total. The highest BCUT2D eigenvalue weighted by Crippen LogP contribution is 2.18. The summed E-state index contributed by atoms with van der Waals surface area (Å²) in [6.45, 7) is 3.98. The number of benzene rings is 2. The lowest BCUT2D eigenvalue weighted by molar-refractivity contribution is -0.368. The van der Waals surface area contributed by atoms with E-state index in [-0.39, 0.29) is 0 Å². The van der Waals surface area contributed by atoms with Crippen LogP contribution < -0.4 is 10.8 Å².